The zero-order valence-corrected chi connectivity index (χ0v) is 17.5. The lowest BCUT2D eigenvalue weighted by molar-refractivity contribution is 0.102. The summed E-state index contributed by atoms with van der Waals surface area (Å²) in [4.78, 5) is 12.5. The van der Waals surface area contributed by atoms with Crippen LogP contribution >= 0.6 is 11.3 Å². The number of benzene rings is 2. The Morgan fingerprint density at radius 3 is 2.30 bits per heavy atom. The van der Waals surface area contributed by atoms with Crippen molar-refractivity contribution in [3.05, 3.63) is 59.5 Å². The van der Waals surface area contributed by atoms with Gasteiger partial charge in [0.1, 0.15) is 0 Å². The van der Waals surface area contributed by atoms with Crippen molar-refractivity contribution in [3.8, 4) is 12.1 Å². The summed E-state index contributed by atoms with van der Waals surface area (Å²) < 4.78 is 27.9. The molecule has 0 atom stereocenters. The molecule has 9 heteroatoms. The van der Waals surface area contributed by atoms with E-state index >= 15 is 0 Å². The predicted octanol–water partition coefficient (Wildman–Crippen LogP) is 3.97. The standard InChI is InChI=1S/C21H18N4O3S2/c22-10-1-12-25(13-2-11-23)30(27,28)19-6-3-16(4-7-19)21(26)24-18-5-8-20-17(15-18)9-14-29-20/h3-9,14-15H,1-2,12-13H2,(H,24,26). The Kier molecular flexibility index (Phi) is 6.80. The molecule has 0 fully saturated rings. The largest absolute Gasteiger partial charge is 0.322 e. The number of sulfonamides is 1. The Hall–Kier alpha value is -3.24. The molecule has 0 bridgehead atoms. The summed E-state index contributed by atoms with van der Waals surface area (Å²) in [6.07, 6.45) is 0.0548. The lowest BCUT2D eigenvalue weighted by atomic mass is 10.2. The highest BCUT2D eigenvalue weighted by atomic mass is 32.2. The van der Waals surface area contributed by atoms with E-state index in [9.17, 15) is 13.2 Å². The maximum atomic E-state index is 12.8. The van der Waals surface area contributed by atoms with Gasteiger partial charge in [0.25, 0.3) is 5.91 Å². The highest BCUT2D eigenvalue weighted by Crippen LogP contribution is 2.24. The number of nitriles is 2. The van der Waals surface area contributed by atoms with Crippen LogP contribution in [-0.4, -0.2) is 31.7 Å². The third-order valence-corrected chi connectivity index (χ3v) is 7.22. The molecule has 7 nitrogen and oxygen atoms in total. The van der Waals surface area contributed by atoms with Crippen LogP contribution in [0.15, 0.2) is 58.8 Å². The zero-order valence-electron chi connectivity index (χ0n) is 15.9. The Bertz CT molecular complexity index is 1220. The Morgan fingerprint density at radius 2 is 1.67 bits per heavy atom. The average Bonchev–Trinajstić information content (AvgIpc) is 3.21. The number of amides is 1. The van der Waals surface area contributed by atoms with E-state index < -0.39 is 10.0 Å². The van der Waals surface area contributed by atoms with E-state index in [2.05, 4.69) is 5.32 Å². The second-order valence-electron chi connectivity index (χ2n) is 6.37. The van der Waals surface area contributed by atoms with E-state index in [0.717, 1.165) is 14.4 Å². The van der Waals surface area contributed by atoms with Gasteiger partial charge in [0.05, 0.1) is 17.0 Å². The number of carbonyl (C=O) groups excluding carboxylic acids is 1. The summed E-state index contributed by atoms with van der Waals surface area (Å²) in [7, 11) is -3.86. The van der Waals surface area contributed by atoms with Gasteiger partial charge in [-0.15, -0.1) is 11.3 Å². The van der Waals surface area contributed by atoms with Crippen LogP contribution in [0.2, 0.25) is 0 Å². The molecule has 152 valence electrons. The number of rotatable bonds is 8. The van der Waals surface area contributed by atoms with E-state index in [-0.39, 0.29) is 36.7 Å². The molecule has 1 amide bonds. The van der Waals surface area contributed by atoms with Crippen LogP contribution in [0.3, 0.4) is 0 Å². The van der Waals surface area contributed by atoms with Crippen molar-refractivity contribution in [1.82, 2.24) is 4.31 Å². The minimum absolute atomic E-state index is 0.00775. The van der Waals surface area contributed by atoms with Crippen molar-refractivity contribution < 1.29 is 13.2 Å². The fourth-order valence-electron chi connectivity index (χ4n) is 2.88. The van der Waals surface area contributed by atoms with Crippen LogP contribution < -0.4 is 5.32 Å². The molecule has 0 aliphatic rings. The summed E-state index contributed by atoms with van der Waals surface area (Å²) in [5, 5.41) is 23.3. The second kappa shape index (κ2) is 9.51. The van der Waals surface area contributed by atoms with Gasteiger partial charge in [0.15, 0.2) is 0 Å². The van der Waals surface area contributed by atoms with Crippen LogP contribution in [0.4, 0.5) is 5.69 Å². The van der Waals surface area contributed by atoms with Crippen molar-refractivity contribution in [3.63, 3.8) is 0 Å². The summed E-state index contributed by atoms with van der Waals surface area (Å²) >= 11 is 1.62. The Balaban J connectivity index is 1.75. The smallest absolute Gasteiger partial charge is 0.255 e. The first-order valence-corrected chi connectivity index (χ1v) is 11.4. The topological polar surface area (TPSA) is 114 Å². The minimum atomic E-state index is -3.86. The lowest BCUT2D eigenvalue weighted by Gasteiger charge is -2.20. The fraction of sp³-hybridized carbons (Fsp3) is 0.190. The first-order chi connectivity index (χ1) is 14.5. The van der Waals surface area contributed by atoms with Gasteiger partial charge in [-0.2, -0.15) is 14.8 Å². The average molecular weight is 439 g/mol. The molecule has 1 aromatic heterocycles. The second-order valence-corrected chi connectivity index (χ2v) is 9.26. The third-order valence-electron chi connectivity index (χ3n) is 4.41. The molecule has 1 N–H and O–H groups in total. The minimum Gasteiger partial charge on any atom is -0.322 e. The maximum Gasteiger partial charge on any atom is 0.255 e. The first-order valence-electron chi connectivity index (χ1n) is 9.08. The first kappa shape index (κ1) is 21.5. The summed E-state index contributed by atoms with van der Waals surface area (Å²) in [6.45, 7) is 0.0155. The van der Waals surface area contributed by atoms with Gasteiger partial charge in [-0.25, -0.2) is 8.42 Å². The van der Waals surface area contributed by atoms with Crippen molar-refractivity contribution in [2.45, 2.75) is 17.7 Å². The summed E-state index contributed by atoms with van der Waals surface area (Å²) in [6, 6.07) is 17.0. The number of hydrogen-bond donors (Lipinski definition) is 1. The summed E-state index contributed by atoms with van der Waals surface area (Å²) in [5.74, 6) is -0.348. The molecular weight excluding hydrogens is 420 g/mol. The van der Waals surface area contributed by atoms with Gasteiger partial charge < -0.3 is 5.32 Å². The van der Waals surface area contributed by atoms with Crippen LogP contribution in [0, 0.1) is 22.7 Å². The van der Waals surface area contributed by atoms with E-state index in [1.807, 2.05) is 41.8 Å². The molecule has 0 saturated heterocycles. The van der Waals surface area contributed by atoms with Gasteiger partial charge in [-0.3, -0.25) is 4.79 Å². The number of thiophene rings is 1. The highest BCUT2D eigenvalue weighted by Gasteiger charge is 2.24. The molecule has 30 heavy (non-hydrogen) atoms. The molecule has 0 unspecified atom stereocenters. The van der Waals surface area contributed by atoms with Gasteiger partial charge in [0.2, 0.25) is 10.0 Å². The number of nitrogens with zero attached hydrogens (tertiary/aromatic N) is 3. The number of carbonyl (C=O) groups is 1. The molecule has 0 aliphatic heterocycles. The number of fused-ring (bicyclic) bond motifs is 1. The van der Waals surface area contributed by atoms with E-state index in [1.54, 1.807) is 11.3 Å². The van der Waals surface area contributed by atoms with Gasteiger partial charge in [-0.05, 0) is 59.3 Å². The predicted molar refractivity (Wildman–Crippen MR) is 115 cm³/mol. The molecule has 1 heterocycles. The quantitative estimate of drug-likeness (QED) is 0.571. The van der Waals surface area contributed by atoms with Crippen LogP contribution in [0.25, 0.3) is 10.1 Å². The Labute approximate surface area is 178 Å². The van der Waals surface area contributed by atoms with Crippen LogP contribution in [0.1, 0.15) is 23.2 Å². The van der Waals surface area contributed by atoms with Crippen molar-refractivity contribution in [2.24, 2.45) is 0 Å². The number of nitrogens with one attached hydrogen (secondary N) is 1. The molecular formula is C21H18N4O3S2. The maximum absolute atomic E-state index is 12.8. The fourth-order valence-corrected chi connectivity index (χ4v) is 5.09. The van der Waals surface area contributed by atoms with Gasteiger partial charge in [-0.1, -0.05) is 0 Å². The molecule has 3 aromatic rings. The van der Waals surface area contributed by atoms with Gasteiger partial charge >= 0.3 is 0 Å². The Morgan fingerprint density at radius 1 is 1.00 bits per heavy atom. The van der Waals surface area contributed by atoms with Crippen LogP contribution in [-0.2, 0) is 10.0 Å². The molecule has 0 saturated carbocycles. The monoisotopic (exact) mass is 438 g/mol. The normalized spacial score (nSPS) is 11.2. The third kappa shape index (κ3) is 4.84. The SMILES string of the molecule is N#CCCN(CCC#N)S(=O)(=O)c1ccc(C(=O)Nc2ccc3sccc3c2)cc1. The molecule has 0 radical (unpaired) electrons. The zero-order chi connectivity index (χ0) is 21.6. The van der Waals surface area contributed by atoms with Crippen molar-refractivity contribution in [2.75, 3.05) is 18.4 Å². The van der Waals surface area contributed by atoms with Crippen LogP contribution in [0.5, 0.6) is 0 Å². The number of hydrogen-bond acceptors (Lipinski definition) is 6. The summed E-state index contributed by atoms with van der Waals surface area (Å²) in [5.41, 5.74) is 0.974. The molecule has 0 spiro atoms. The van der Waals surface area contributed by atoms with Crippen molar-refractivity contribution in [1.29, 1.82) is 10.5 Å². The van der Waals surface area contributed by atoms with Gasteiger partial charge in [0, 0.05) is 41.9 Å². The highest BCUT2D eigenvalue weighted by molar-refractivity contribution is 7.89. The van der Waals surface area contributed by atoms with E-state index in [1.165, 1.54) is 24.3 Å². The molecule has 3 rings (SSSR count). The molecule has 2 aromatic carbocycles. The van der Waals surface area contributed by atoms with E-state index in [4.69, 9.17) is 10.5 Å². The number of anilines is 1. The lowest BCUT2D eigenvalue weighted by Crippen LogP contribution is -2.32. The van der Waals surface area contributed by atoms with Crippen molar-refractivity contribution >= 4 is 43.0 Å². The van der Waals surface area contributed by atoms with E-state index in [0.29, 0.717) is 11.3 Å². The molecule has 0 aliphatic carbocycles.